The molecule has 8 heteroatoms. The molecule has 2 aromatic rings. The lowest BCUT2D eigenvalue weighted by molar-refractivity contribution is -0.385. The van der Waals surface area contributed by atoms with E-state index in [0.29, 0.717) is 18.7 Å². The van der Waals surface area contributed by atoms with E-state index in [0.717, 1.165) is 64.0 Å². The van der Waals surface area contributed by atoms with Gasteiger partial charge < -0.3 is 10.1 Å². The van der Waals surface area contributed by atoms with E-state index in [-0.39, 0.29) is 22.6 Å². The molecule has 2 aromatic carbocycles. The predicted octanol–water partition coefficient (Wildman–Crippen LogP) is 4.52. The fourth-order valence-electron chi connectivity index (χ4n) is 5.12. The lowest BCUT2D eigenvalue weighted by Gasteiger charge is -2.35. The third kappa shape index (κ3) is 7.27. The summed E-state index contributed by atoms with van der Waals surface area (Å²) in [5.74, 6) is 0.459. The van der Waals surface area contributed by atoms with E-state index in [1.54, 1.807) is 12.1 Å². The van der Waals surface area contributed by atoms with Gasteiger partial charge in [0.1, 0.15) is 5.75 Å². The number of hydrogen-bond donors (Lipinski definition) is 1. The molecule has 1 unspecified atom stereocenters. The van der Waals surface area contributed by atoms with Crippen molar-refractivity contribution >= 4 is 11.6 Å². The molecule has 1 saturated carbocycles. The summed E-state index contributed by atoms with van der Waals surface area (Å²) in [5.41, 5.74) is 2.10. The Hall–Kier alpha value is -2.97. The second-order valence-electron chi connectivity index (χ2n) is 9.95. The number of hydrogen-bond acceptors (Lipinski definition) is 6. The fourth-order valence-corrected chi connectivity index (χ4v) is 5.12. The topological polar surface area (TPSA) is 88.0 Å². The van der Waals surface area contributed by atoms with Crippen molar-refractivity contribution in [3.05, 3.63) is 69.8 Å². The Bertz CT molecular complexity index is 1000. The van der Waals surface area contributed by atoms with Crippen LogP contribution in [0.5, 0.6) is 5.75 Å². The molecule has 194 valence electrons. The average molecular weight is 495 g/mol. The molecule has 1 heterocycles. The van der Waals surface area contributed by atoms with Gasteiger partial charge in [-0.2, -0.15) is 0 Å². The highest BCUT2D eigenvalue weighted by molar-refractivity contribution is 5.81. The van der Waals surface area contributed by atoms with Crippen LogP contribution < -0.4 is 10.1 Å². The van der Waals surface area contributed by atoms with Gasteiger partial charge in [-0.05, 0) is 30.9 Å². The summed E-state index contributed by atoms with van der Waals surface area (Å²) in [6, 6.07) is 15.4. The number of nitro benzene ring substituents is 1. The van der Waals surface area contributed by atoms with E-state index in [9.17, 15) is 14.9 Å². The van der Waals surface area contributed by atoms with Crippen molar-refractivity contribution < 1.29 is 14.5 Å². The summed E-state index contributed by atoms with van der Waals surface area (Å²) in [6.45, 7) is 7.01. The van der Waals surface area contributed by atoms with Gasteiger partial charge >= 0.3 is 0 Å². The van der Waals surface area contributed by atoms with E-state index in [1.165, 1.54) is 18.1 Å². The number of nitrogens with zero attached hydrogens (tertiary/aromatic N) is 3. The lowest BCUT2D eigenvalue weighted by atomic mass is 9.95. The molecule has 36 heavy (non-hydrogen) atoms. The average Bonchev–Trinajstić information content (AvgIpc) is 2.90. The molecule has 8 nitrogen and oxygen atoms in total. The first-order valence-corrected chi connectivity index (χ1v) is 13.2. The number of benzene rings is 2. The molecule has 1 saturated heterocycles. The zero-order chi connectivity index (χ0) is 25.3. The van der Waals surface area contributed by atoms with Gasteiger partial charge in [-0.3, -0.25) is 24.7 Å². The Kier molecular flexibility index (Phi) is 9.30. The zero-order valence-electron chi connectivity index (χ0n) is 21.2. The van der Waals surface area contributed by atoms with Gasteiger partial charge in [0.05, 0.1) is 4.92 Å². The van der Waals surface area contributed by atoms with Gasteiger partial charge in [0.2, 0.25) is 0 Å². The summed E-state index contributed by atoms with van der Waals surface area (Å²) in [4.78, 5) is 28.8. The highest BCUT2D eigenvalue weighted by Crippen LogP contribution is 2.28. The number of non-ortho nitro benzene ring substituents is 1. The Morgan fingerprint density at radius 2 is 1.69 bits per heavy atom. The van der Waals surface area contributed by atoms with E-state index in [2.05, 4.69) is 39.4 Å². The van der Waals surface area contributed by atoms with Crippen LogP contribution in [-0.2, 0) is 17.9 Å². The van der Waals surface area contributed by atoms with Crippen molar-refractivity contribution in [3.63, 3.8) is 0 Å². The molecule has 2 aliphatic rings. The van der Waals surface area contributed by atoms with Gasteiger partial charge in [0.15, 0.2) is 6.10 Å². The number of nitrogens with one attached hydrogen (secondary N) is 1. The smallest absolute Gasteiger partial charge is 0.270 e. The van der Waals surface area contributed by atoms with E-state index in [4.69, 9.17) is 4.74 Å². The van der Waals surface area contributed by atoms with Crippen molar-refractivity contribution in [2.24, 2.45) is 0 Å². The van der Waals surface area contributed by atoms with Crippen molar-refractivity contribution in [2.45, 2.75) is 70.7 Å². The van der Waals surface area contributed by atoms with Crippen LogP contribution in [0.2, 0.25) is 0 Å². The number of nitro groups is 1. The first-order chi connectivity index (χ1) is 17.5. The molecule has 1 amide bonds. The monoisotopic (exact) mass is 494 g/mol. The molecular formula is C28H38N4O4. The van der Waals surface area contributed by atoms with Gasteiger partial charge in [0, 0.05) is 63.0 Å². The van der Waals surface area contributed by atoms with Gasteiger partial charge in [-0.1, -0.05) is 56.5 Å². The number of rotatable bonds is 10. The maximum absolute atomic E-state index is 12.9. The van der Waals surface area contributed by atoms with Crippen LogP contribution in [0.15, 0.2) is 48.5 Å². The van der Waals surface area contributed by atoms with Crippen molar-refractivity contribution in [1.29, 1.82) is 0 Å². The Labute approximate surface area is 213 Å². The number of carbonyl (C=O) groups excluding carboxylic acids is 1. The maximum atomic E-state index is 12.9. The molecule has 1 atom stereocenters. The minimum Gasteiger partial charge on any atom is -0.480 e. The third-order valence-corrected chi connectivity index (χ3v) is 7.25. The van der Waals surface area contributed by atoms with Crippen LogP contribution in [0.25, 0.3) is 0 Å². The fraction of sp³-hybridized carbons (Fsp3) is 0.536. The second-order valence-corrected chi connectivity index (χ2v) is 9.95. The minimum atomic E-state index is -0.616. The summed E-state index contributed by atoms with van der Waals surface area (Å²) in [7, 11) is 0. The molecule has 0 bridgehead atoms. The number of piperazine rings is 1. The predicted molar refractivity (Wildman–Crippen MR) is 140 cm³/mol. The Morgan fingerprint density at radius 3 is 2.33 bits per heavy atom. The van der Waals surface area contributed by atoms with Crippen molar-refractivity contribution in [2.75, 3.05) is 26.2 Å². The molecule has 1 N–H and O–H groups in total. The Morgan fingerprint density at radius 1 is 1.03 bits per heavy atom. The van der Waals surface area contributed by atoms with Crippen molar-refractivity contribution in [1.82, 2.24) is 15.1 Å². The van der Waals surface area contributed by atoms with Crippen LogP contribution in [0.1, 0.15) is 56.6 Å². The lowest BCUT2D eigenvalue weighted by Crippen LogP contribution is -2.45. The van der Waals surface area contributed by atoms with E-state index >= 15 is 0 Å². The summed E-state index contributed by atoms with van der Waals surface area (Å²) in [5, 5.41) is 14.6. The van der Waals surface area contributed by atoms with E-state index in [1.807, 2.05) is 13.0 Å². The van der Waals surface area contributed by atoms with Crippen molar-refractivity contribution in [3.8, 4) is 5.75 Å². The second kappa shape index (κ2) is 12.8. The largest absolute Gasteiger partial charge is 0.480 e. The van der Waals surface area contributed by atoms with Gasteiger partial charge in [-0.15, -0.1) is 0 Å². The normalized spacial score (nSPS) is 18.5. The first-order valence-electron chi connectivity index (χ1n) is 13.2. The maximum Gasteiger partial charge on any atom is 0.270 e. The molecule has 0 aromatic heterocycles. The Balaban J connectivity index is 1.39. The van der Waals surface area contributed by atoms with Crippen LogP contribution in [-0.4, -0.2) is 59.0 Å². The third-order valence-electron chi connectivity index (χ3n) is 7.25. The number of carbonyl (C=O) groups is 1. The molecule has 2 fully saturated rings. The summed E-state index contributed by atoms with van der Waals surface area (Å²) >= 11 is 0. The number of ether oxygens (including phenoxy) is 1. The summed E-state index contributed by atoms with van der Waals surface area (Å²) in [6.07, 6.45) is 5.47. The molecule has 0 radical (unpaired) electrons. The number of amides is 1. The standard InChI is InChI=1S/C28H38N4O4/c1-2-26(28(33)29-24-11-7-4-8-12-24)36-27-14-13-25(32(34)35)19-23(27)21-31-17-15-30(16-18-31)20-22-9-5-3-6-10-22/h3,5-6,9-10,13-14,19,24,26H,2,4,7-8,11-12,15-18,20-21H2,1H3,(H,29,33). The molecule has 0 spiro atoms. The van der Waals surface area contributed by atoms with Crippen LogP contribution in [0.3, 0.4) is 0 Å². The van der Waals surface area contributed by atoms with Crippen LogP contribution >= 0.6 is 0 Å². The minimum absolute atomic E-state index is 0.0415. The van der Waals surface area contributed by atoms with Crippen LogP contribution in [0, 0.1) is 10.1 Å². The summed E-state index contributed by atoms with van der Waals surface area (Å²) < 4.78 is 6.20. The molecule has 1 aliphatic heterocycles. The zero-order valence-corrected chi connectivity index (χ0v) is 21.2. The quantitative estimate of drug-likeness (QED) is 0.386. The van der Waals surface area contributed by atoms with Crippen LogP contribution in [0.4, 0.5) is 5.69 Å². The SMILES string of the molecule is CCC(Oc1ccc([N+](=O)[O-])cc1CN1CCN(Cc2ccccc2)CC1)C(=O)NC1CCCCC1. The molecular weight excluding hydrogens is 456 g/mol. The molecule has 1 aliphatic carbocycles. The highest BCUT2D eigenvalue weighted by atomic mass is 16.6. The van der Waals surface area contributed by atoms with Gasteiger partial charge in [-0.25, -0.2) is 0 Å². The highest BCUT2D eigenvalue weighted by Gasteiger charge is 2.25. The molecule has 4 rings (SSSR count). The van der Waals surface area contributed by atoms with Gasteiger partial charge in [0.25, 0.3) is 11.6 Å². The first kappa shape index (κ1) is 26.1. The van der Waals surface area contributed by atoms with E-state index < -0.39 is 6.10 Å².